The van der Waals surface area contributed by atoms with Crippen LogP contribution >= 0.6 is 0 Å². The van der Waals surface area contributed by atoms with Crippen LogP contribution in [0.2, 0.25) is 0 Å². The minimum Gasteiger partial charge on any atom is -0.366 e. The Morgan fingerprint density at radius 2 is 2.18 bits per heavy atom. The Balaban J connectivity index is 1.72. The normalized spacial score (nSPS) is 18.4. The molecule has 1 fully saturated rings. The van der Waals surface area contributed by atoms with E-state index in [1.165, 1.54) is 0 Å². The minimum absolute atomic E-state index is 0.155. The second kappa shape index (κ2) is 6.70. The molecule has 116 valence electrons. The number of aromatic nitrogens is 2. The van der Waals surface area contributed by atoms with Gasteiger partial charge >= 0.3 is 0 Å². The maximum absolute atomic E-state index is 12.0. The van der Waals surface area contributed by atoms with Crippen molar-refractivity contribution in [2.45, 2.75) is 25.9 Å². The molecule has 1 aliphatic rings. The molecule has 0 radical (unpaired) electrons. The highest BCUT2D eigenvalue weighted by Gasteiger charge is 2.28. The highest BCUT2D eigenvalue weighted by molar-refractivity contribution is 5.76. The molecule has 6 heteroatoms. The summed E-state index contributed by atoms with van der Waals surface area (Å²) in [6, 6.07) is 9.59. The Hall–Kier alpha value is -2.21. The Kier molecular flexibility index (Phi) is 4.48. The first kappa shape index (κ1) is 14.7. The van der Waals surface area contributed by atoms with E-state index in [0.29, 0.717) is 37.8 Å². The SMILES string of the molecule is CCCC(=O)N1CCO[C@@H](c2noc(-c3ccccc3)n2)C1. The molecule has 1 atom stereocenters. The molecule has 0 saturated carbocycles. The van der Waals surface area contributed by atoms with Gasteiger partial charge < -0.3 is 14.2 Å². The van der Waals surface area contributed by atoms with Crippen molar-refractivity contribution < 1.29 is 14.1 Å². The van der Waals surface area contributed by atoms with Crippen LogP contribution in [0.1, 0.15) is 31.7 Å². The molecular weight excluding hydrogens is 282 g/mol. The van der Waals surface area contributed by atoms with Crippen LogP contribution in [0.25, 0.3) is 11.5 Å². The summed E-state index contributed by atoms with van der Waals surface area (Å²) in [6.07, 6.45) is 1.09. The summed E-state index contributed by atoms with van der Waals surface area (Å²) in [7, 11) is 0. The van der Waals surface area contributed by atoms with Gasteiger partial charge in [-0.05, 0) is 18.6 Å². The van der Waals surface area contributed by atoms with E-state index in [4.69, 9.17) is 9.26 Å². The zero-order valence-electron chi connectivity index (χ0n) is 12.6. The fourth-order valence-electron chi connectivity index (χ4n) is 2.47. The number of morpholine rings is 1. The van der Waals surface area contributed by atoms with Crippen LogP contribution in [-0.2, 0) is 9.53 Å². The number of carbonyl (C=O) groups is 1. The van der Waals surface area contributed by atoms with E-state index in [0.717, 1.165) is 12.0 Å². The highest BCUT2D eigenvalue weighted by Crippen LogP contribution is 2.23. The first-order chi connectivity index (χ1) is 10.8. The molecular formula is C16H19N3O3. The smallest absolute Gasteiger partial charge is 0.258 e. The standard InChI is InChI=1S/C16H19N3O3/c1-2-6-14(20)19-9-10-21-13(11-19)15-17-16(22-18-15)12-7-4-3-5-8-12/h3-5,7-8,13H,2,6,9-11H2,1H3/t13-/m1/s1. The summed E-state index contributed by atoms with van der Waals surface area (Å²) in [5.41, 5.74) is 0.871. The summed E-state index contributed by atoms with van der Waals surface area (Å²) >= 11 is 0. The van der Waals surface area contributed by atoms with Crippen molar-refractivity contribution in [2.75, 3.05) is 19.7 Å². The molecule has 0 N–H and O–H groups in total. The summed E-state index contributed by atoms with van der Waals surface area (Å²) in [6.45, 7) is 3.60. The van der Waals surface area contributed by atoms with Gasteiger partial charge in [-0.15, -0.1) is 0 Å². The number of hydrogen-bond donors (Lipinski definition) is 0. The molecule has 1 aromatic heterocycles. The lowest BCUT2D eigenvalue weighted by atomic mass is 10.2. The maximum atomic E-state index is 12.0. The van der Waals surface area contributed by atoms with Crippen LogP contribution in [0.5, 0.6) is 0 Å². The fraction of sp³-hybridized carbons (Fsp3) is 0.438. The first-order valence-electron chi connectivity index (χ1n) is 7.56. The average Bonchev–Trinajstić information content (AvgIpc) is 3.06. The molecule has 3 rings (SSSR count). The number of hydrogen-bond acceptors (Lipinski definition) is 5. The first-order valence-corrected chi connectivity index (χ1v) is 7.56. The van der Waals surface area contributed by atoms with Gasteiger partial charge in [0.25, 0.3) is 5.89 Å². The van der Waals surface area contributed by atoms with Crippen LogP contribution < -0.4 is 0 Å². The van der Waals surface area contributed by atoms with Crippen molar-refractivity contribution in [2.24, 2.45) is 0 Å². The molecule has 1 saturated heterocycles. The van der Waals surface area contributed by atoms with Crippen LogP contribution in [0.3, 0.4) is 0 Å². The molecule has 2 aromatic rings. The van der Waals surface area contributed by atoms with E-state index in [2.05, 4.69) is 10.1 Å². The summed E-state index contributed by atoms with van der Waals surface area (Å²) in [5, 5.41) is 4.01. The van der Waals surface area contributed by atoms with Crippen molar-refractivity contribution in [1.29, 1.82) is 0 Å². The quantitative estimate of drug-likeness (QED) is 0.867. The number of nitrogens with zero attached hydrogens (tertiary/aromatic N) is 3. The van der Waals surface area contributed by atoms with Crippen LogP contribution in [0, 0.1) is 0 Å². The topological polar surface area (TPSA) is 68.5 Å². The van der Waals surface area contributed by atoms with Gasteiger partial charge in [-0.2, -0.15) is 4.98 Å². The van der Waals surface area contributed by atoms with E-state index in [9.17, 15) is 4.79 Å². The van der Waals surface area contributed by atoms with Gasteiger partial charge in [0.1, 0.15) is 6.10 Å². The Labute approximate surface area is 129 Å². The third kappa shape index (κ3) is 3.17. The minimum atomic E-state index is -0.323. The number of rotatable bonds is 4. The van der Waals surface area contributed by atoms with E-state index in [-0.39, 0.29) is 12.0 Å². The Morgan fingerprint density at radius 1 is 1.36 bits per heavy atom. The van der Waals surface area contributed by atoms with E-state index < -0.39 is 0 Å². The van der Waals surface area contributed by atoms with E-state index in [1.807, 2.05) is 42.2 Å². The lowest BCUT2D eigenvalue weighted by Crippen LogP contribution is -2.42. The van der Waals surface area contributed by atoms with Gasteiger partial charge in [-0.25, -0.2) is 0 Å². The van der Waals surface area contributed by atoms with Crippen LogP contribution in [0.15, 0.2) is 34.9 Å². The zero-order valence-corrected chi connectivity index (χ0v) is 12.6. The second-order valence-corrected chi connectivity index (χ2v) is 5.27. The molecule has 0 spiro atoms. The van der Waals surface area contributed by atoms with Crippen molar-refractivity contribution in [3.63, 3.8) is 0 Å². The van der Waals surface area contributed by atoms with Gasteiger partial charge in [-0.3, -0.25) is 4.79 Å². The van der Waals surface area contributed by atoms with Gasteiger partial charge in [-0.1, -0.05) is 30.3 Å². The summed E-state index contributed by atoms with van der Waals surface area (Å²) < 4.78 is 11.0. The van der Waals surface area contributed by atoms with Crippen molar-refractivity contribution in [1.82, 2.24) is 15.0 Å². The predicted molar refractivity (Wildman–Crippen MR) is 79.9 cm³/mol. The molecule has 2 heterocycles. The number of amides is 1. The molecule has 1 aromatic carbocycles. The molecule has 1 aliphatic heterocycles. The zero-order chi connectivity index (χ0) is 15.4. The summed E-state index contributed by atoms with van der Waals surface area (Å²) in [4.78, 5) is 18.2. The van der Waals surface area contributed by atoms with Crippen molar-refractivity contribution in [3.8, 4) is 11.5 Å². The van der Waals surface area contributed by atoms with Gasteiger partial charge in [0.2, 0.25) is 11.7 Å². The highest BCUT2D eigenvalue weighted by atomic mass is 16.5. The summed E-state index contributed by atoms with van der Waals surface area (Å²) in [5.74, 6) is 1.12. The van der Waals surface area contributed by atoms with Gasteiger partial charge in [0.15, 0.2) is 0 Å². The molecule has 22 heavy (non-hydrogen) atoms. The van der Waals surface area contributed by atoms with E-state index in [1.54, 1.807) is 0 Å². The predicted octanol–water partition coefficient (Wildman–Crippen LogP) is 2.44. The van der Waals surface area contributed by atoms with Gasteiger partial charge in [0, 0.05) is 18.5 Å². The number of benzene rings is 1. The largest absolute Gasteiger partial charge is 0.366 e. The lowest BCUT2D eigenvalue weighted by Gasteiger charge is -2.31. The maximum Gasteiger partial charge on any atom is 0.258 e. The van der Waals surface area contributed by atoms with E-state index >= 15 is 0 Å². The molecule has 0 bridgehead atoms. The lowest BCUT2D eigenvalue weighted by molar-refractivity contribution is -0.139. The monoisotopic (exact) mass is 301 g/mol. The molecule has 0 aliphatic carbocycles. The molecule has 1 amide bonds. The van der Waals surface area contributed by atoms with Crippen molar-refractivity contribution in [3.05, 3.63) is 36.2 Å². The third-order valence-corrected chi connectivity index (χ3v) is 3.63. The van der Waals surface area contributed by atoms with Crippen LogP contribution in [-0.4, -0.2) is 40.6 Å². The van der Waals surface area contributed by atoms with Crippen molar-refractivity contribution >= 4 is 5.91 Å². The third-order valence-electron chi connectivity index (χ3n) is 3.63. The molecule has 6 nitrogen and oxygen atoms in total. The Bertz CT molecular complexity index is 627. The fourth-order valence-corrected chi connectivity index (χ4v) is 2.47. The second-order valence-electron chi connectivity index (χ2n) is 5.27. The number of ether oxygens (including phenoxy) is 1. The molecule has 0 unspecified atom stereocenters. The number of carbonyl (C=O) groups excluding carboxylic acids is 1. The van der Waals surface area contributed by atoms with Gasteiger partial charge in [0.05, 0.1) is 13.2 Å². The Morgan fingerprint density at radius 3 is 2.95 bits per heavy atom. The van der Waals surface area contributed by atoms with Crippen LogP contribution in [0.4, 0.5) is 0 Å². The average molecular weight is 301 g/mol.